The molecule has 1 atom stereocenters. The number of hydrogen-bond donors (Lipinski definition) is 1. The van der Waals surface area contributed by atoms with E-state index in [4.69, 9.17) is 11.6 Å². The lowest BCUT2D eigenvalue weighted by Crippen LogP contribution is -2.08. The second-order valence-corrected chi connectivity index (χ2v) is 4.99. The predicted octanol–water partition coefficient (Wildman–Crippen LogP) is 3.89. The first-order valence-corrected chi connectivity index (χ1v) is 6.19. The molecule has 1 aliphatic rings. The Labute approximate surface area is 110 Å². The monoisotopic (exact) mass is 262 g/mol. The van der Waals surface area contributed by atoms with Gasteiger partial charge < -0.3 is 5.32 Å². The molecule has 92 valence electrons. The lowest BCUT2D eigenvalue weighted by Gasteiger charge is -2.11. The third kappa shape index (κ3) is 2.06. The fourth-order valence-corrected chi connectivity index (χ4v) is 2.61. The molecule has 0 radical (unpaired) electrons. The molecule has 0 amide bonds. The van der Waals surface area contributed by atoms with E-state index in [1.807, 2.05) is 19.1 Å². The molecule has 0 bridgehead atoms. The van der Waals surface area contributed by atoms with Gasteiger partial charge in [0.1, 0.15) is 5.82 Å². The molecule has 0 saturated carbocycles. The number of benzene rings is 1. The average Bonchev–Trinajstić information content (AvgIpc) is 2.70. The van der Waals surface area contributed by atoms with Crippen molar-refractivity contribution in [2.75, 3.05) is 5.32 Å². The van der Waals surface area contributed by atoms with Crippen LogP contribution in [-0.4, -0.2) is 4.98 Å². The Kier molecular flexibility index (Phi) is 2.71. The van der Waals surface area contributed by atoms with Gasteiger partial charge >= 0.3 is 0 Å². The van der Waals surface area contributed by atoms with Gasteiger partial charge in [0.15, 0.2) is 0 Å². The Morgan fingerprint density at radius 2 is 2.17 bits per heavy atom. The number of fused-ring (bicyclic) bond motifs is 1. The summed E-state index contributed by atoms with van der Waals surface area (Å²) in [6, 6.07) is 8.55. The maximum atomic E-state index is 13.2. The van der Waals surface area contributed by atoms with Crippen LogP contribution in [0.1, 0.15) is 23.0 Å². The number of nitrogens with one attached hydrogen (secondary N) is 1. The molecule has 1 unspecified atom stereocenters. The summed E-state index contributed by atoms with van der Waals surface area (Å²) < 4.78 is 13.2. The van der Waals surface area contributed by atoms with Crippen LogP contribution in [0, 0.1) is 12.7 Å². The van der Waals surface area contributed by atoms with Crippen molar-refractivity contribution in [2.24, 2.45) is 0 Å². The molecular weight excluding hydrogens is 251 g/mol. The van der Waals surface area contributed by atoms with Crippen LogP contribution >= 0.6 is 11.6 Å². The van der Waals surface area contributed by atoms with Crippen molar-refractivity contribution in [2.45, 2.75) is 19.4 Å². The molecule has 1 aliphatic heterocycles. The highest BCUT2D eigenvalue weighted by Gasteiger charge is 2.23. The Balaban J connectivity index is 1.93. The van der Waals surface area contributed by atoms with E-state index in [0.29, 0.717) is 5.02 Å². The molecule has 1 aromatic heterocycles. The number of anilines is 1. The van der Waals surface area contributed by atoms with Gasteiger partial charge in [0, 0.05) is 22.8 Å². The number of hydrogen-bond acceptors (Lipinski definition) is 2. The number of rotatable bonds is 1. The van der Waals surface area contributed by atoms with Crippen molar-refractivity contribution in [3.8, 4) is 0 Å². The van der Waals surface area contributed by atoms with Crippen LogP contribution in [0.5, 0.6) is 0 Å². The van der Waals surface area contributed by atoms with Gasteiger partial charge in [-0.3, -0.25) is 4.98 Å². The van der Waals surface area contributed by atoms with E-state index in [0.717, 1.165) is 29.1 Å². The Hall–Kier alpha value is -1.61. The van der Waals surface area contributed by atoms with E-state index in [2.05, 4.69) is 10.3 Å². The van der Waals surface area contributed by atoms with Gasteiger partial charge in [0.25, 0.3) is 0 Å². The minimum absolute atomic E-state index is 0.0687. The van der Waals surface area contributed by atoms with Crippen LogP contribution in [0.4, 0.5) is 10.1 Å². The number of pyridine rings is 1. The van der Waals surface area contributed by atoms with Crippen LogP contribution < -0.4 is 5.32 Å². The van der Waals surface area contributed by atoms with Gasteiger partial charge in [-0.25, -0.2) is 4.39 Å². The quantitative estimate of drug-likeness (QED) is 0.843. The molecule has 0 spiro atoms. The average molecular weight is 263 g/mol. The molecule has 2 heterocycles. The summed E-state index contributed by atoms with van der Waals surface area (Å²) in [5, 5.41) is 4.03. The third-order valence-electron chi connectivity index (χ3n) is 3.12. The zero-order valence-electron chi connectivity index (χ0n) is 9.87. The predicted molar refractivity (Wildman–Crippen MR) is 70.5 cm³/mol. The highest BCUT2D eigenvalue weighted by molar-refractivity contribution is 6.30. The van der Waals surface area contributed by atoms with Gasteiger partial charge in [0.05, 0.1) is 11.7 Å². The molecule has 0 fully saturated rings. The van der Waals surface area contributed by atoms with Crippen LogP contribution in [0.2, 0.25) is 5.02 Å². The highest BCUT2D eigenvalue weighted by atomic mass is 35.5. The van der Waals surface area contributed by atoms with E-state index in [-0.39, 0.29) is 11.9 Å². The molecule has 3 rings (SSSR count). The van der Waals surface area contributed by atoms with Gasteiger partial charge in [-0.2, -0.15) is 0 Å². The summed E-state index contributed by atoms with van der Waals surface area (Å²) in [6.45, 7) is 1.91. The van der Waals surface area contributed by atoms with E-state index in [1.165, 1.54) is 6.07 Å². The number of halogens is 2. The largest absolute Gasteiger partial charge is 0.376 e. The van der Waals surface area contributed by atoms with Crippen LogP contribution in [-0.2, 0) is 6.42 Å². The number of aromatic nitrogens is 1. The fourth-order valence-electron chi connectivity index (χ4n) is 2.34. The first-order chi connectivity index (χ1) is 8.61. The maximum absolute atomic E-state index is 13.2. The normalized spacial score (nSPS) is 17.4. The minimum atomic E-state index is -0.202. The molecule has 1 N–H and O–H groups in total. The van der Waals surface area contributed by atoms with E-state index in [9.17, 15) is 4.39 Å². The summed E-state index contributed by atoms with van der Waals surface area (Å²) in [7, 11) is 0. The molecule has 4 heteroatoms. The van der Waals surface area contributed by atoms with Crippen molar-refractivity contribution in [1.29, 1.82) is 0 Å². The maximum Gasteiger partial charge on any atom is 0.123 e. The number of aryl methyl sites for hydroxylation is 1. The standard InChI is InChI=1S/C14H12ClFN2/c1-8-4-10(15)7-14(17-8)13-6-9-5-11(16)2-3-12(9)18-13/h2-5,7,13,18H,6H2,1H3. The van der Waals surface area contributed by atoms with Crippen molar-refractivity contribution in [3.63, 3.8) is 0 Å². The summed E-state index contributed by atoms with van der Waals surface area (Å²) in [5.41, 5.74) is 3.75. The van der Waals surface area contributed by atoms with Crippen molar-refractivity contribution < 1.29 is 4.39 Å². The summed E-state index contributed by atoms with van der Waals surface area (Å²) in [5.74, 6) is -0.202. The Morgan fingerprint density at radius 1 is 1.33 bits per heavy atom. The molecular formula is C14H12ClFN2. The Bertz CT molecular complexity index is 592. The van der Waals surface area contributed by atoms with Crippen LogP contribution in [0.3, 0.4) is 0 Å². The second-order valence-electron chi connectivity index (χ2n) is 4.55. The lowest BCUT2D eigenvalue weighted by atomic mass is 10.1. The van der Waals surface area contributed by atoms with Gasteiger partial charge in [0.2, 0.25) is 0 Å². The molecule has 0 aliphatic carbocycles. The van der Waals surface area contributed by atoms with Gasteiger partial charge in [-0.05, 0) is 42.8 Å². The molecule has 2 nitrogen and oxygen atoms in total. The fraction of sp³-hybridized carbons (Fsp3) is 0.214. The zero-order valence-corrected chi connectivity index (χ0v) is 10.6. The second kappa shape index (κ2) is 4.25. The topological polar surface area (TPSA) is 24.9 Å². The SMILES string of the molecule is Cc1cc(Cl)cc(C2Cc3cc(F)ccc3N2)n1. The Morgan fingerprint density at radius 3 is 2.94 bits per heavy atom. The zero-order chi connectivity index (χ0) is 12.7. The van der Waals surface area contributed by atoms with Gasteiger partial charge in [-0.1, -0.05) is 11.6 Å². The number of nitrogens with zero attached hydrogens (tertiary/aromatic N) is 1. The van der Waals surface area contributed by atoms with Crippen LogP contribution in [0.25, 0.3) is 0 Å². The summed E-state index contributed by atoms with van der Waals surface area (Å²) in [6.07, 6.45) is 0.736. The third-order valence-corrected chi connectivity index (χ3v) is 3.33. The summed E-state index contributed by atoms with van der Waals surface area (Å²) in [4.78, 5) is 4.48. The first kappa shape index (κ1) is 11.5. The van der Waals surface area contributed by atoms with E-state index < -0.39 is 0 Å². The highest BCUT2D eigenvalue weighted by Crippen LogP contribution is 2.34. The molecule has 0 saturated heterocycles. The summed E-state index contributed by atoms with van der Waals surface area (Å²) >= 11 is 6.04. The van der Waals surface area contributed by atoms with Crippen LogP contribution in [0.15, 0.2) is 30.3 Å². The smallest absolute Gasteiger partial charge is 0.123 e. The molecule has 1 aromatic carbocycles. The van der Waals surface area contributed by atoms with Crippen molar-refractivity contribution in [3.05, 3.63) is 58.1 Å². The van der Waals surface area contributed by atoms with Crippen molar-refractivity contribution >= 4 is 17.3 Å². The molecule has 2 aromatic rings. The minimum Gasteiger partial charge on any atom is -0.376 e. The van der Waals surface area contributed by atoms with E-state index in [1.54, 1.807) is 12.1 Å². The first-order valence-electron chi connectivity index (χ1n) is 5.81. The lowest BCUT2D eigenvalue weighted by molar-refractivity contribution is 0.626. The van der Waals surface area contributed by atoms with Gasteiger partial charge in [-0.15, -0.1) is 0 Å². The molecule has 18 heavy (non-hydrogen) atoms. The van der Waals surface area contributed by atoms with E-state index >= 15 is 0 Å². The van der Waals surface area contributed by atoms with Crippen molar-refractivity contribution in [1.82, 2.24) is 4.98 Å².